The van der Waals surface area contributed by atoms with E-state index in [2.05, 4.69) is 24.1 Å². The summed E-state index contributed by atoms with van der Waals surface area (Å²) in [5.74, 6) is 0.276. The minimum absolute atomic E-state index is 0.261. The number of rotatable bonds is 3. The van der Waals surface area contributed by atoms with E-state index in [0.717, 1.165) is 11.3 Å². The van der Waals surface area contributed by atoms with Crippen LogP contribution in [0, 0.1) is 0 Å². The number of hydrogen-bond donors (Lipinski definition) is 2. The van der Waals surface area contributed by atoms with Gasteiger partial charge in [-0.1, -0.05) is 43.6 Å². The molecule has 0 fully saturated rings. The van der Waals surface area contributed by atoms with Crippen molar-refractivity contribution < 1.29 is 4.79 Å². The zero-order valence-electron chi connectivity index (χ0n) is 11.4. The molecule has 0 saturated heterocycles. The molecule has 2 aromatic rings. The Kier molecular flexibility index (Phi) is 4.25. The third-order valence-corrected chi connectivity index (χ3v) is 3.25. The highest BCUT2D eigenvalue weighted by Gasteiger charge is 2.14. The molecular formula is C15H16ClN3O. The van der Waals surface area contributed by atoms with Crippen LogP contribution in [0.3, 0.4) is 0 Å². The van der Waals surface area contributed by atoms with Gasteiger partial charge in [0.15, 0.2) is 0 Å². The van der Waals surface area contributed by atoms with Crippen molar-refractivity contribution in [3.8, 4) is 0 Å². The zero-order chi connectivity index (χ0) is 14.7. The molecule has 0 spiro atoms. The van der Waals surface area contributed by atoms with Crippen LogP contribution in [0.25, 0.3) is 0 Å². The Balaban J connectivity index is 2.31. The van der Waals surface area contributed by atoms with Crippen LogP contribution in [-0.4, -0.2) is 10.9 Å². The van der Waals surface area contributed by atoms with Gasteiger partial charge in [-0.25, -0.2) is 4.98 Å². The van der Waals surface area contributed by atoms with E-state index in [0.29, 0.717) is 11.5 Å². The molecule has 104 valence electrons. The summed E-state index contributed by atoms with van der Waals surface area (Å²) in [5, 5.41) is 3.15. The van der Waals surface area contributed by atoms with Crippen molar-refractivity contribution in [3.05, 3.63) is 52.7 Å². The number of halogens is 1. The number of hydrogen-bond acceptors (Lipinski definition) is 3. The fourth-order valence-electron chi connectivity index (χ4n) is 1.93. The maximum atomic E-state index is 12.3. The topological polar surface area (TPSA) is 68.0 Å². The molecule has 1 amide bonds. The number of nitrogen functional groups attached to an aromatic ring is 1. The summed E-state index contributed by atoms with van der Waals surface area (Å²) in [7, 11) is 0. The van der Waals surface area contributed by atoms with E-state index in [9.17, 15) is 4.79 Å². The van der Waals surface area contributed by atoms with Crippen LogP contribution in [0.5, 0.6) is 0 Å². The van der Waals surface area contributed by atoms with Crippen LogP contribution in [0.15, 0.2) is 36.5 Å². The molecule has 0 aliphatic heterocycles. The number of pyridine rings is 1. The number of para-hydroxylation sites is 1. The van der Waals surface area contributed by atoms with Gasteiger partial charge in [-0.2, -0.15) is 0 Å². The fraction of sp³-hybridized carbons (Fsp3) is 0.200. The van der Waals surface area contributed by atoms with E-state index in [4.69, 9.17) is 17.3 Å². The highest BCUT2D eigenvalue weighted by molar-refractivity contribution is 6.34. The third kappa shape index (κ3) is 3.08. The number of aromatic nitrogens is 1. The first-order valence-corrected chi connectivity index (χ1v) is 6.68. The van der Waals surface area contributed by atoms with E-state index in [1.165, 1.54) is 12.3 Å². The molecular weight excluding hydrogens is 274 g/mol. The second-order valence-electron chi connectivity index (χ2n) is 4.79. The molecule has 0 saturated carbocycles. The van der Waals surface area contributed by atoms with Crippen molar-refractivity contribution in [1.82, 2.24) is 4.98 Å². The van der Waals surface area contributed by atoms with Crippen LogP contribution in [0.2, 0.25) is 5.02 Å². The Morgan fingerprint density at radius 1 is 1.35 bits per heavy atom. The number of anilines is 2. The van der Waals surface area contributed by atoms with Gasteiger partial charge in [0, 0.05) is 11.9 Å². The van der Waals surface area contributed by atoms with Crippen LogP contribution >= 0.6 is 11.6 Å². The van der Waals surface area contributed by atoms with Crippen molar-refractivity contribution in [3.63, 3.8) is 0 Å². The monoisotopic (exact) mass is 289 g/mol. The van der Waals surface area contributed by atoms with Gasteiger partial charge < -0.3 is 11.1 Å². The minimum Gasteiger partial charge on any atom is -0.384 e. The van der Waals surface area contributed by atoms with Crippen molar-refractivity contribution in [1.29, 1.82) is 0 Å². The molecule has 0 unspecified atom stereocenters. The predicted molar refractivity (Wildman–Crippen MR) is 82.1 cm³/mol. The Morgan fingerprint density at radius 3 is 2.75 bits per heavy atom. The van der Waals surface area contributed by atoms with Gasteiger partial charge in [-0.15, -0.1) is 0 Å². The van der Waals surface area contributed by atoms with Gasteiger partial charge in [0.25, 0.3) is 5.91 Å². The maximum Gasteiger partial charge on any atom is 0.257 e. The molecule has 1 heterocycles. The van der Waals surface area contributed by atoms with Crippen molar-refractivity contribution in [2.45, 2.75) is 19.8 Å². The molecule has 5 heteroatoms. The normalized spacial score (nSPS) is 10.6. The fourth-order valence-corrected chi connectivity index (χ4v) is 2.12. The summed E-state index contributed by atoms with van der Waals surface area (Å²) < 4.78 is 0. The highest BCUT2D eigenvalue weighted by atomic mass is 35.5. The molecule has 1 aromatic heterocycles. The van der Waals surface area contributed by atoms with Crippen LogP contribution in [0.4, 0.5) is 11.5 Å². The van der Waals surface area contributed by atoms with Crippen LogP contribution in [-0.2, 0) is 0 Å². The standard InChI is InChI=1S/C15H16ClN3O/c1-9(2)10-5-3-4-6-13(10)19-15(20)11-7-14(17)18-8-12(11)16/h3-9H,1-2H3,(H2,17,18)(H,19,20). The molecule has 0 aliphatic carbocycles. The quantitative estimate of drug-likeness (QED) is 0.905. The maximum absolute atomic E-state index is 12.3. The largest absolute Gasteiger partial charge is 0.384 e. The average molecular weight is 290 g/mol. The molecule has 0 aliphatic rings. The van der Waals surface area contributed by atoms with E-state index in [1.807, 2.05) is 24.3 Å². The Morgan fingerprint density at radius 2 is 2.05 bits per heavy atom. The van der Waals surface area contributed by atoms with Gasteiger partial charge in [0.1, 0.15) is 5.82 Å². The second-order valence-corrected chi connectivity index (χ2v) is 5.19. The van der Waals surface area contributed by atoms with E-state index < -0.39 is 0 Å². The van der Waals surface area contributed by atoms with E-state index in [-0.39, 0.29) is 16.7 Å². The molecule has 1 aromatic carbocycles. The lowest BCUT2D eigenvalue weighted by molar-refractivity contribution is 0.102. The molecule has 4 nitrogen and oxygen atoms in total. The smallest absolute Gasteiger partial charge is 0.257 e. The first-order chi connectivity index (χ1) is 9.49. The first-order valence-electron chi connectivity index (χ1n) is 6.30. The lowest BCUT2D eigenvalue weighted by Crippen LogP contribution is -2.14. The molecule has 3 N–H and O–H groups in total. The minimum atomic E-state index is -0.294. The van der Waals surface area contributed by atoms with E-state index >= 15 is 0 Å². The first kappa shape index (κ1) is 14.3. The van der Waals surface area contributed by atoms with Crippen LogP contribution < -0.4 is 11.1 Å². The number of benzene rings is 1. The van der Waals surface area contributed by atoms with E-state index in [1.54, 1.807) is 0 Å². The lowest BCUT2D eigenvalue weighted by atomic mass is 10.0. The predicted octanol–water partition coefficient (Wildman–Crippen LogP) is 3.69. The number of amides is 1. The SMILES string of the molecule is CC(C)c1ccccc1NC(=O)c1cc(N)ncc1Cl. The molecule has 0 bridgehead atoms. The third-order valence-electron chi connectivity index (χ3n) is 2.95. The highest BCUT2D eigenvalue weighted by Crippen LogP contribution is 2.25. The Labute approximate surface area is 123 Å². The number of nitrogens with zero attached hydrogens (tertiary/aromatic N) is 1. The average Bonchev–Trinajstić information content (AvgIpc) is 2.41. The van der Waals surface area contributed by atoms with Gasteiger partial charge in [0.05, 0.1) is 10.6 Å². The zero-order valence-corrected chi connectivity index (χ0v) is 12.1. The van der Waals surface area contributed by atoms with Crippen molar-refractivity contribution in [2.24, 2.45) is 0 Å². The summed E-state index contributed by atoms with van der Waals surface area (Å²) in [6, 6.07) is 9.15. The second kappa shape index (κ2) is 5.92. The summed E-state index contributed by atoms with van der Waals surface area (Å²) in [6.07, 6.45) is 1.38. The molecule has 2 rings (SSSR count). The molecule has 0 atom stereocenters. The summed E-state index contributed by atoms with van der Waals surface area (Å²) >= 11 is 5.98. The van der Waals surface area contributed by atoms with Gasteiger partial charge in [-0.05, 0) is 23.6 Å². The summed E-state index contributed by atoms with van der Waals surface area (Å²) in [5.41, 5.74) is 7.75. The molecule has 0 radical (unpaired) electrons. The summed E-state index contributed by atoms with van der Waals surface area (Å²) in [6.45, 7) is 4.14. The lowest BCUT2D eigenvalue weighted by Gasteiger charge is -2.14. The van der Waals surface area contributed by atoms with Crippen molar-refractivity contribution in [2.75, 3.05) is 11.1 Å². The van der Waals surface area contributed by atoms with Gasteiger partial charge >= 0.3 is 0 Å². The Bertz CT molecular complexity index is 641. The van der Waals surface area contributed by atoms with Crippen LogP contribution in [0.1, 0.15) is 35.7 Å². The molecule has 20 heavy (non-hydrogen) atoms. The Hall–Kier alpha value is -2.07. The number of carbonyl (C=O) groups excluding carboxylic acids is 1. The van der Waals surface area contributed by atoms with Gasteiger partial charge in [0.2, 0.25) is 0 Å². The van der Waals surface area contributed by atoms with Gasteiger partial charge in [-0.3, -0.25) is 4.79 Å². The summed E-state index contributed by atoms with van der Waals surface area (Å²) in [4.78, 5) is 16.1. The number of carbonyl (C=O) groups is 1. The number of nitrogens with two attached hydrogens (primary N) is 1. The number of nitrogens with one attached hydrogen (secondary N) is 1. The van der Waals surface area contributed by atoms with Crippen molar-refractivity contribution >= 4 is 29.0 Å².